The van der Waals surface area contributed by atoms with Crippen LogP contribution in [0.2, 0.25) is 0 Å². The van der Waals surface area contributed by atoms with Crippen LogP contribution in [0.25, 0.3) is 0 Å². The highest BCUT2D eigenvalue weighted by molar-refractivity contribution is 8.70. The summed E-state index contributed by atoms with van der Waals surface area (Å²) in [6.45, 7) is 3.48. The lowest BCUT2D eigenvalue weighted by Crippen LogP contribution is -2.23. The number of nitrogens with one attached hydrogen (secondary N) is 2. The molecule has 0 saturated heterocycles. The fourth-order valence-electron chi connectivity index (χ4n) is 5.39. The molecular formula is C26H52N2O3S2. The van der Waals surface area contributed by atoms with Gasteiger partial charge in [0.1, 0.15) is 0 Å². The molecule has 0 aromatic heterocycles. The summed E-state index contributed by atoms with van der Waals surface area (Å²) in [6, 6.07) is 0. The molecule has 0 aromatic rings. The summed E-state index contributed by atoms with van der Waals surface area (Å²) in [7, 11) is -2.56. The lowest BCUT2D eigenvalue weighted by molar-refractivity contribution is 0.324. The summed E-state index contributed by atoms with van der Waals surface area (Å²) < 4.78 is 29.1. The van der Waals surface area contributed by atoms with Gasteiger partial charge in [-0.1, -0.05) is 103 Å². The third-order valence-electron chi connectivity index (χ3n) is 7.39. The van der Waals surface area contributed by atoms with Gasteiger partial charge in [0.05, 0.1) is 6.61 Å². The Hall–Kier alpha value is 0.180. The summed E-state index contributed by atoms with van der Waals surface area (Å²) in [5.74, 6) is 2.43. The Bertz CT molecular complexity index is 502. The van der Waals surface area contributed by atoms with E-state index < -0.39 is 9.15 Å². The molecule has 0 spiro atoms. The zero-order valence-corrected chi connectivity index (χ0v) is 22.8. The maximum Gasteiger partial charge on any atom is 0.322 e. The van der Waals surface area contributed by atoms with E-state index in [0.29, 0.717) is 12.3 Å². The van der Waals surface area contributed by atoms with Gasteiger partial charge in [-0.15, -0.1) is 0 Å². The number of rotatable bonds is 18. The largest absolute Gasteiger partial charge is 0.322 e. The predicted molar refractivity (Wildman–Crippen MR) is 143 cm³/mol. The molecule has 0 amide bonds. The van der Waals surface area contributed by atoms with Crippen molar-refractivity contribution in [1.29, 1.82) is 0 Å². The molecule has 0 bridgehead atoms. The van der Waals surface area contributed by atoms with E-state index in [4.69, 9.17) is 4.18 Å². The molecule has 0 aliphatic heterocycles. The molecule has 2 aliphatic rings. The van der Waals surface area contributed by atoms with Crippen molar-refractivity contribution in [3.8, 4) is 0 Å². The first-order valence-corrected chi connectivity index (χ1v) is 17.0. The fourth-order valence-corrected chi connectivity index (χ4v) is 7.44. The van der Waals surface area contributed by atoms with E-state index in [9.17, 15) is 8.42 Å². The van der Waals surface area contributed by atoms with Crippen LogP contribution in [0.3, 0.4) is 0 Å². The van der Waals surface area contributed by atoms with Crippen molar-refractivity contribution in [3.63, 3.8) is 0 Å². The van der Waals surface area contributed by atoms with Crippen LogP contribution in [-0.4, -0.2) is 47.0 Å². The van der Waals surface area contributed by atoms with Gasteiger partial charge in [0.2, 0.25) is 0 Å². The van der Waals surface area contributed by atoms with Crippen molar-refractivity contribution in [3.05, 3.63) is 0 Å². The monoisotopic (exact) mass is 504 g/mol. The highest BCUT2D eigenvalue weighted by Crippen LogP contribution is 2.27. The maximum atomic E-state index is 12.0. The van der Waals surface area contributed by atoms with E-state index in [1.165, 1.54) is 116 Å². The third kappa shape index (κ3) is 16.5. The van der Waals surface area contributed by atoms with Crippen molar-refractivity contribution in [1.82, 2.24) is 10.6 Å². The molecule has 2 N–H and O–H groups in total. The Morgan fingerprint density at radius 1 is 0.636 bits per heavy atom. The molecule has 196 valence electrons. The third-order valence-corrected chi connectivity index (χ3v) is 10.2. The first kappa shape index (κ1) is 29.4. The van der Waals surface area contributed by atoms with Crippen LogP contribution in [0, 0.1) is 11.8 Å². The molecule has 2 saturated carbocycles. The quantitative estimate of drug-likeness (QED) is 0.127. The van der Waals surface area contributed by atoms with Gasteiger partial charge in [0, 0.05) is 18.8 Å². The van der Waals surface area contributed by atoms with E-state index in [1.54, 1.807) is 0 Å². The van der Waals surface area contributed by atoms with Crippen LogP contribution >= 0.6 is 10.8 Å². The molecule has 7 heteroatoms. The molecule has 0 radical (unpaired) electrons. The second-order valence-corrected chi connectivity index (χ2v) is 13.9. The second kappa shape index (κ2) is 19.4. The fraction of sp³-hybridized carbons (Fsp3) is 1.00. The SMILES string of the molecule is O=S(=O)(OCCNCCCCC1CCCCCC1)SCCNCCCCC1CCCCCC1. The first-order chi connectivity index (χ1) is 16.2. The predicted octanol–water partition coefficient (Wildman–Crippen LogP) is 6.44. The van der Waals surface area contributed by atoms with Crippen molar-refractivity contribution in [2.24, 2.45) is 11.8 Å². The van der Waals surface area contributed by atoms with Crippen LogP contribution in [0.1, 0.15) is 116 Å². The summed E-state index contributed by atoms with van der Waals surface area (Å²) >= 11 is 0. The van der Waals surface area contributed by atoms with Crippen molar-refractivity contribution >= 4 is 19.9 Å². The van der Waals surface area contributed by atoms with Crippen molar-refractivity contribution < 1.29 is 12.6 Å². The maximum absolute atomic E-state index is 12.0. The molecule has 2 rings (SSSR count). The van der Waals surface area contributed by atoms with Gasteiger partial charge in [-0.3, -0.25) is 4.18 Å². The molecular weight excluding hydrogens is 452 g/mol. The van der Waals surface area contributed by atoms with E-state index in [2.05, 4.69) is 10.6 Å². The highest BCUT2D eigenvalue weighted by Gasteiger charge is 2.13. The minimum Gasteiger partial charge on any atom is -0.316 e. The van der Waals surface area contributed by atoms with Gasteiger partial charge in [-0.2, -0.15) is 8.42 Å². The molecule has 0 heterocycles. The summed E-state index contributed by atoms with van der Waals surface area (Å²) in [6.07, 6.45) is 24.8. The first-order valence-electron chi connectivity index (χ1n) is 14.1. The number of hydrogen-bond acceptors (Lipinski definition) is 6. The summed E-state index contributed by atoms with van der Waals surface area (Å²) in [4.78, 5) is 0. The average Bonchev–Trinajstić information content (AvgIpc) is 3.22. The molecule has 0 atom stereocenters. The van der Waals surface area contributed by atoms with Crippen LogP contribution < -0.4 is 10.6 Å². The Kier molecular flexibility index (Phi) is 17.3. The Morgan fingerprint density at radius 2 is 1.12 bits per heavy atom. The Balaban J connectivity index is 1.33. The van der Waals surface area contributed by atoms with Gasteiger partial charge in [-0.25, -0.2) is 0 Å². The normalized spacial score (nSPS) is 19.4. The topological polar surface area (TPSA) is 67.4 Å². The smallest absolute Gasteiger partial charge is 0.316 e. The van der Waals surface area contributed by atoms with E-state index in [1.807, 2.05) is 0 Å². The van der Waals surface area contributed by atoms with E-state index >= 15 is 0 Å². The lowest BCUT2D eigenvalue weighted by atomic mass is 9.94. The summed E-state index contributed by atoms with van der Waals surface area (Å²) in [5.41, 5.74) is 0. The van der Waals surface area contributed by atoms with Crippen LogP contribution in [-0.2, 0) is 13.3 Å². The molecule has 2 aliphatic carbocycles. The molecule has 5 nitrogen and oxygen atoms in total. The summed E-state index contributed by atoms with van der Waals surface area (Å²) in [5, 5.41) is 6.70. The van der Waals surface area contributed by atoms with Gasteiger partial charge in [-0.05, 0) is 48.6 Å². The van der Waals surface area contributed by atoms with Crippen LogP contribution in [0.15, 0.2) is 0 Å². The van der Waals surface area contributed by atoms with Gasteiger partial charge < -0.3 is 10.6 Å². The minimum atomic E-state index is -3.48. The van der Waals surface area contributed by atoms with E-state index in [0.717, 1.165) is 42.3 Å². The lowest BCUT2D eigenvalue weighted by Gasteiger charge is -2.13. The van der Waals surface area contributed by atoms with Crippen LogP contribution in [0.5, 0.6) is 0 Å². The second-order valence-electron chi connectivity index (χ2n) is 10.3. The minimum absolute atomic E-state index is 0.229. The molecule has 0 unspecified atom stereocenters. The Morgan fingerprint density at radius 3 is 1.64 bits per heavy atom. The Labute approximate surface area is 208 Å². The average molecular weight is 505 g/mol. The zero-order chi connectivity index (χ0) is 23.5. The van der Waals surface area contributed by atoms with Gasteiger partial charge in [0.15, 0.2) is 0 Å². The van der Waals surface area contributed by atoms with Crippen molar-refractivity contribution in [2.75, 3.05) is 38.5 Å². The molecule has 33 heavy (non-hydrogen) atoms. The highest BCUT2D eigenvalue weighted by atomic mass is 33.1. The van der Waals surface area contributed by atoms with Crippen LogP contribution in [0.4, 0.5) is 0 Å². The molecule has 0 aromatic carbocycles. The van der Waals surface area contributed by atoms with Gasteiger partial charge >= 0.3 is 9.15 Å². The number of unbranched alkanes of at least 4 members (excludes halogenated alkanes) is 2. The zero-order valence-electron chi connectivity index (χ0n) is 21.2. The molecule has 2 fully saturated rings. The van der Waals surface area contributed by atoms with Gasteiger partial charge in [0.25, 0.3) is 0 Å². The van der Waals surface area contributed by atoms with E-state index in [-0.39, 0.29) is 6.61 Å². The number of hydrogen-bond donors (Lipinski definition) is 2. The van der Waals surface area contributed by atoms with Crippen molar-refractivity contribution in [2.45, 2.75) is 116 Å². The standard InChI is InChI=1S/C26H52N2O3S2/c29-33(30,31-23-21-27-19-11-9-17-25-13-5-1-2-6-14-25)32-24-22-28-20-12-10-18-26-15-7-3-4-8-16-26/h25-28H,1-24H2.